The van der Waals surface area contributed by atoms with Gasteiger partial charge in [-0.1, -0.05) is 17.7 Å². The van der Waals surface area contributed by atoms with E-state index in [0.29, 0.717) is 29.9 Å². The van der Waals surface area contributed by atoms with Gasteiger partial charge in [0, 0.05) is 37.1 Å². The number of halogens is 3. The highest BCUT2D eigenvalue weighted by molar-refractivity contribution is 6.31. The fraction of sp³-hybridized carbons (Fsp3) is 0.200. The molecule has 1 unspecified atom stereocenters. The molecule has 150 valence electrons. The summed E-state index contributed by atoms with van der Waals surface area (Å²) in [5.74, 6) is -1.08. The number of aromatic nitrogens is 1. The first-order valence-electron chi connectivity index (χ1n) is 8.89. The molecule has 0 saturated carbocycles. The Hall–Kier alpha value is -2.97. The van der Waals surface area contributed by atoms with E-state index in [1.54, 1.807) is 13.1 Å². The molecule has 29 heavy (non-hydrogen) atoms. The van der Waals surface area contributed by atoms with Gasteiger partial charge in [0.1, 0.15) is 11.6 Å². The Morgan fingerprint density at radius 3 is 2.76 bits per heavy atom. The lowest BCUT2D eigenvalue weighted by Gasteiger charge is -2.34. The molecule has 3 aromatic rings. The second-order valence-corrected chi connectivity index (χ2v) is 7.26. The Kier molecular flexibility index (Phi) is 4.97. The molecule has 0 saturated heterocycles. The van der Waals surface area contributed by atoms with Crippen molar-refractivity contribution < 1.29 is 13.6 Å². The second kappa shape index (κ2) is 7.46. The third-order valence-electron chi connectivity index (χ3n) is 5.04. The maximum atomic E-state index is 13.7. The van der Waals surface area contributed by atoms with Crippen LogP contribution in [0.15, 0.2) is 41.2 Å². The van der Waals surface area contributed by atoms with Gasteiger partial charge in [-0.25, -0.2) is 13.6 Å². The summed E-state index contributed by atoms with van der Waals surface area (Å²) >= 11 is 5.77. The Bertz CT molecular complexity index is 1180. The van der Waals surface area contributed by atoms with Crippen LogP contribution < -0.4 is 16.2 Å². The standard InChI is InChI=1S/C20H17ClF2N4O2/c1-27(20(29)25-11-3-5-15(23)14(21)7-11)17-9-24-8-16-18(17)12-4-2-10(22)6-13(12)19(28)26-16/h2-7,17,24H,8-9H2,1H3,(H,25,29)(H,26,28). The fourth-order valence-corrected chi connectivity index (χ4v) is 3.77. The van der Waals surface area contributed by atoms with Crippen LogP contribution in [0.2, 0.25) is 5.02 Å². The second-order valence-electron chi connectivity index (χ2n) is 6.85. The lowest BCUT2D eigenvalue weighted by Crippen LogP contribution is -2.43. The number of nitrogens with zero attached hydrogens (tertiary/aromatic N) is 1. The van der Waals surface area contributed by atoms with Gasteiger partial charge in [0.15, 0.2) is 0 Å². The van der Waals surface area contributed by atoms with Crippen LogP contribution in [0.5, 0.6) is 0 Å². The average molecular weight is 419 g/mol. The van der Waals surface area contributed by atoms with Crippen LogP contribution in [-0.4, -0.2) is 29.5 Å². The summed E-state index contributed by atoms with van der Waals surface area (Å²) in [6, 6.07) is 7.09. The molecule has 0 spiro atoms. The van der Waals surface area contributed by atoms with Crippen molar-refractivity contribution in [3.63, 3.8) is 0 Å². The molecule has 0 radical (unpaired) electrons. The molecule has 1 aliphatic heterocycles. The number of rotatable bonds is 2. The minimum absolute atomic E-state index is 0.0965. The zero-order valence-corrected chi connectivity index (χ0v) is 16.1. The number of likely N-dealkylation sites (N-methyl/N-ethyl adjacent to an activating group) is 1. The highest BCUT2D eigenvalue weighted by Gasteiger charge is 2.30. The number of pyridine rings is 1. The van der Waals surface area contributed by atoms with Gasteiger partial charge in [0.2, 0.25) is 0 Å². The summed E-state index contributed by atoms with van der Waals surface area (Å²) in [5.41, 5.74) is 1.38. The Morgan fingerprint density at radius 1 is 1.21 bits per heavy atom. The predicted octanol–water partition coefficient (Wildman–Crippen LogP) is 3.77. The molecule has 0 fully saturated rings. The largest absolute Gasteiger partial charge is 0.324 e. The quantitative estimate of drug-likeness (QED) is 0.593. The summed E-state index contributed by atoms with van der Waals surface area (Å²) in [6.07, 6.45) is 0. The molecule has 1 atom stereocenters. The van der Waals surface area contributed by atoms with Crippen LogP contribution in [0, 0.1) is 11.6 Å². The van der Waals surface area contributed by atoms with E-state index in [0.717, 1.165) is 5.56 Å². The van der Waals surface area contributed by atoms with Gasteiger partial charge in [-0.05, 0) is 35.7 Å². The number of hydrogen-bond donors (Lipinski definition) is 3. The topological polar surface area (TPSA) is 77.2 Å². The summed E-state index contributed by atoms with van der Waals surface area (Å²) in [7, 11) is 1.61. The van der Waals surface area contributed by atoms with Crippen molar-refractivity contribution in [2.75, 3.05) is 18.9 Å². The number of benzene rings is 2. The average Bonchev–Trinajstić information content (AvgIpc) is 2.70. The number of urea groups is 1. The molecule has 2 aromatic carbocycles. The van der Waals surface area contributed by atoms with Gasteiger partial charge in [-0.15, -0.1) is 0 Å². The van der Waals surface area contributed by atoms with Crippen molar-refractivity contribution in [3.8, 4) is 0 Å². The fourth-order valence-electron chi connectivity index (χ4n) is 3.59. The number of H-pyrrole nitrogens is 1. The number of fused-ring (bicyclic) bond motifs is 3. The van der Waals surface area contributed by atoms with E-state index in [4.69, 9.17) is 11.6 Å². The van der Waals surface area contributed by atoms with E-state index in [2.05, 4.69) is 15.6 Å². The molecule has 1 aliphatic rings. The van der Waals surface area contributed by atoms with Crippen molar-refractivity contribution in [1.82, 2.24) is 15.2 Å². The van der Waals surface area contributed by atoms with E-state index in [1.807, 2.05) is 0 Å². The lowest BCUT2D eigenvalue weighted by atomic mass is 9.94. The lowest BCUT2D eigenvalue weighted by molar-refractivity contribution is 0.200. The smallest absolute Gasteiger partial charge is 0.322 e. The minimum Gasteiger partial charge on any atom is -0.324 e. The van der Waals surface area contributed by atoms with Gasteiger partial charge in [-0.2, -0.15) is 0 Å². The van der Waals surface area contributed by atoms with Crippen LogP contribution in [-0.2, 0) is 6.54 Å². The van der Waals surface area contributed by atoms with Crippen molar-refractivity contribution in [1.29, 1.82) is 0 Å². The van der Waals surface area contributed by atoms with Gasteiger partial charge in [0.05, 0.1) is 16.5 Å². The molecular weight excluding hydrogens is 402 g/mol. The highest BCUT2D eigenvalue weighted by atomic mass is 35.5. The first-order valence-corrected chi connectivity index (χ1v) is 9.27. The maximum absolute atomic E-state index is 13.7. The summed E-state index contributed by atoms with van der Waals surface area (Å²) in [6.45, 7) is 0.872. The maximum Gasteiger partial charge on any atom is 0.322 e. The van der Waals surface area contributed by atoms with Gasteiger partial charge in [0.25, 0.3) is 5.56 Å². The molecule has 4 rings (SSSR count). The molecule has 2 heterocycles. The SMILES string of the molecule is CN(C(=O)Nc1ccc(F)c(Cl)c1)C1CNCc2[nH]c(=O)c3cc(F)ccc3c21. The molecule has 0 aliphatic carbocycles. The number of hydrogen-bond acceptors (Lipinski definition) is 3. The van der Waals surface area contributed by atoms with Crippen molar-refractivity contribution >= 4 is 34.1 Å². The summed E-state index contributed by atoms with van der Waals surface area (Å²) < 4.78 is 27.0. The van der Waals surface area contributed by atoms with Gasteiger partial charge < -0.3 is 20.5 Å². The number of nitrogens with one attached hydrogen (secondary N) is 3. The zero-order chi connectivity index (χ0) is 20.7. The van der Waals surface area contributed by atoms with Crippen molar-refractivity contribution in [2.24, 2.45) is 0 Å². The third-order valence-corrected chi connectivity index (χ3v) is 5.33. The van der Waals surface area contributed by atoms with E-state index in [9.17, 15) is 18.4 Å². The van der Waals surface area contributed by atoms with Crippen molar-refractivity contribution in [2.45, 2.75) is 12.6 Å². The Morgan fingerprint density at radius 2 is 2.00 bits per heavy atom. The van der Waals surface area contributed by atoms with Crippen molar-refractivity contribution in [3.05, 3.63) is 74.7 Å². The molecule has 2 amide bonds. The summed E-state index contributed by atoms with van der Waals surface area (Å²) in [4.78, 5) is 29.4. The molecule has 9 heteroatoms. The molecule has 0 bridgehead atoms. The third kappa shape index (κ3) is 3.56. The van der Waals surface area contributed by atoms with E-state index < -0.39 is 23.7 Å². The molecular formula is C20H17ClF2N4O2. The van der Waals surface area contributed by atoms with Crippen LogP contribution in [0.25, 0.3) is 10.8 Å². The van der Waals surface area contributed by atoms with E-state index in [1.165, 1.54) is 35.2 Å². The van der Waals surface area contributed by atoms with Crippen LogP contribution in [0.4, 0.5) is 19.3 Å². The van der Waals surface area contributed by atoms with E-state index in [-0.39, 0.29) is 16.0 Å². The molecule has 6 nitrogen and oxygen atoms in total. The van der Waals surface area contributed by atoms with Crippen LogP contribution in [0.1, 0.15) is 17.3 Å². The number of carbonyl (C=O) groups is 1. The normalized spacial score (nSPS) is 15.8. The number of carbonyl (C=O) groups excluding carboxylic acids is 1. The zero-order valence-electron chi connectivity index (χ0n) is 15.4. The monoisotopic (exact) mass is 418 g/mol. The van der Waals surface area contributed by atoms with Gasteiger partial charge >= 0.3 is 6.03 Å². The first kappa shape index (κ1) is 19.4. The van der Waals surface area contributed by atoms with Crippen LogP contribution in [0.3, 0.4) is 0 Å². The van der Waals surface area contributed by atoms with Gasteiger partial charge in [-0.3, -0.25) is 4.79 Å². The first-order chi connectivity index (χ1) is 13.8. The predicted molar refractivity (Wildman–Crippen MR) is 107 cm³/mol. The van der Waals surface area contributed by atoms with E-state index >= 15 is 0 Å². The Labute approximate surface area is 169 Å². The summed E-state index contributed by atoms with van der Waals surface area (Å²) in [5, 5.41) is 6.59. The number of aromatic amines is 1. The van der Waals surface area contributed by atoms with Crippen LogP contribution >= 0.6 is 11.6 Å². The highest BCUT2D eigenvalue weighted by Crippen LogP contribution is 2.31. The Balaban J connectivity index is 1.70. The minimum atomic E-state index is -0.578. The number of amides is 2. The molecule has 3 N–H and O–H groups in total. The number of anilines is 1. The molecule has 1 aromatic heterocycles.